The molecule has 0 amide bonds. The van der Waals surface area contributed by atoms with Gasteiger partial charge in [0, 0.05) is 11.1 Å². The summed E-state index contributed by atoms with van der Waals surface area (Å²) in [6, 6.07) is 2.25. The van der Waals surface area contributed by atoms with Gasteiger partial charge in [-0.25, -0.2) is 18.1 Å². The van der Waals surface area contributed by atoms with Gasteiger partial charge in [0.05, 0.1) is 21.8 Å². The molecule has 0 aliphatic heterocycles. The molecule has 9 heteroatoms. The topological polar surface area (TPSA) is 85.1 Å². The molecule has 0 aliphatic rings. The van der Waals surface area contributed by atoms with Crippen molar-refractivity contribution < 1.29 is 8.42 Å². The second-order valence-electron chi connectivity index (χ2n) is 4.43. The molecule has 2 aromatic rings. The van der Waals surface area contributed by atoms with Crippen LogP contribution in [0.3, 0.4) is 0 Å². The van der Waals surface area contributed by atoms with Crippen molar-refractivity contribution in [2.24, 2.45) is 0 Å². The Morgan fingerprint density at radius 1 is 1.38 bits per heavy atom. The standard InChI is InChI=1S/C12H13Cl2N3O2S2/c1-6-5-16-12(20-6)7(2)17-21(18,19)9-4-3-8(13)11(15)10(9)14/h3-5,7,17H,15H2,1-2H3. The third-order valence-corrected chi connectivity index (χ3v) is 6.25. The van der Waals surface area contributed by atoms with Gasteiger partial charge in [0.25, 0.3) is 0 Å². The highest BCUT2D eigenvalue weighted by molar-refractivity contribution is 7.89. The molecule has 0 aliphatic carbocycles. The first kappa shape index (κ1) is 16.5. The molecule has 2 rings (SSSR count). The summed E-state index contributed by atoms with van der Waals surface area (Å²) in [5.41, 5.74) is 5.70. The Balaban J connectivity index is 2.33. The van der Waals surface area contributed by atoms with Gasteiger partial charge in [0.15, 0.2) is 0 Å². The lowest BCUT2D eigenvalue weighted by molar-refractivity contribution is 0.566. The van der Waals surface area contributed by atoms with Crippen LogP contribution in [0.5, 0.6) is 0 Å². The van der Waals surface area contributed by atoms with E-state index in [-0.39, 0.29) is 20.6 Å². The molecule has 0 radical (unpaired) electrons. The van der Waals surface area contributed by atoms with Crippen LogP contribution in [0, 0.1) is 6.92 Å². The number of hydrogen-bond acceptors (Lipinski definition) is 5. The van der Waals surface area contributed by atoms with E-state index in [0.29, 0.717) is 5.01 Å². The van der Waals surface area contributed by atoms with Crippen LogP contribution in [-0.2, 0) is 10.0 Å². The lowest BCUT2D eigenvalue weighted by atomic mass is 10.3. The van der Waals surface area contributed by atoms with E-state index < -0.39 is 16.1 Å². The molecule has 1 unspecified atom stereocenters. The number of aryl methyl sites for hydroxylation is 1. The Hall–Kier alpha value is -0.860. The highest BCUT2D eigenvalue weighted by atomic mass is 35.5. The fourth-order valence-electron chi connectivity index (χ4n) is 1.68. The lowest BCUT2D eigenvalue weighted by Gasteiger charge is -2.14. The van der Waals surface area contributed by atoms with E-state index in [4.69, 9.17) is 28.9 Å². The van der Waals surface area contributed by atoms with Crippen molar-refractivity contribution in [1.82, 2.24) is 9.71 Å². The second-order valence-corrected chi connectivity index (χ2v) is 8.16. The van der Waals surface area contributed by atoms with E-state index in [1.165, 1.54) is 23.5 Å². The van der Waals surface area contributed by atoms with E-state index in [9.17, 15) is 8.42 Å². The minimum atomic E-state index is -3.82. The summed E-state index contributed by atoms with van der Waals surface area (Å²) in [5.74, 6) is 0. The van der Waals surface area contributed by atoms with Gasteiger partial charge in [0.2, 0.25) is 10.0 Å². The van der Waals surface area contributed by atoms with Crippen LogP contribution in [0.25, 0.3) is 0 Å². The number of sulfonamides is 1. The highest BCUT2D eigenvalue weighted by Crippen LogP contribution is 2.33. The summed E-state index contributed by atoms with van der Waals surface area (Å²) in [6.07, 6.45) is 1.69. The van der Waals surface area contributed by atoms with Crippen molar-refractivity contribution in [3.8, 4) is 0 Å². The number of aromatic nitrogens is 1. The number of thiazole rings is 1. The number of nitrogens with zero attached hydrogens (tertiary/aromatic N) is 1. The molecule has 0 saturated carbocycles. The summed E-state index contributed by atoms with van der Waals surface area (Å²) in [5, 5.41) is 0.800. The smallest absolute Gasteiger partial charge is 0.242 e. The Labute approximate surface area is 137 Å². The van der Waals surface area contributed by atoms with Crippen molar-refractivity contribution in [2.75, 3.05) is 5.73 Å². The maximum absolute atomic E-state index is 12.4. The largest absolute Gasteiger partial charge is 0.396 e. The minimum Gasteiger partial charge on any atom is -0.396 e. The van der Waals surface area contributed by atoms with Crippen molar-refractivity contribution >= 4 is 50.2 Å². The maximum Gasteiger partial charge on any atom is 0.242 e. The fourth-order valence-corrected chi connectivity index (χ4v) is 4.50. The fraction of sp³-hybridized carbons (Fsp3) is 0.250. The molecule has 0 saturated heterocycles. The molecule has 0 bridgehead atoms. The average molecular weight is 366 g/mol. The lowest BCUT2D eigenvalue weighted by Crippen LogP contribution is -2.27. The Bertz CT molecular complexity index is 775. The number of benzene rings is 1. The first-order valence-corrected chi connectivity index (χ1v) is 8.96. The number of nitrogen functional groups attached to an aromatic ring is 1. The SMILES string of the molecule is Cc1cnc(C(C)NS(=O)(=O)c2ccc(Cl)c(N)c2Cl)s1. The van der Waals surface area contributed by atoms with Crippen LogP contribution in [0.2, 0.25) is 10.0 Å². The number of anilines is 1. The number of hydrogen-bond donors (Lipinski definition) is 2. The van der Waals surface area contributed by atoms with Gasteiger partial charge in [-0.05, 0) is 26.0 Å². The van der Waals surface area contributed by atoms with Gasteiger partial charge in [-0.3, -0.25) is 0 Å². The van der Waals surface area contributed by atoms with Gasteiger partial charge in [0.1, 0.15) is 9.90 Å². The molecule has 0 fully saturated rings. The minimum absolute atomic E-state index is 0.0407. The van der Waals surface area contributed by atoms with Crippen molar-refractivity contribution in [3.63, 3.8) is 0 Å². The Morgan fingerprint density at radius 3 is 2.62 bits per heavy atom. The highest BCUT2D eigenvalue weighted by Gasteiger charge is 2.24. The van der Waals surface area contributed by atoms with Gasteiger partial charge < -0.3 is 5.73 Å². The van der Waals surface area contributed by atoms with Gasteiger partial charge in [-0.15, -0.1) is 11.3 Å². The first-order valence-electron chi connectivity index (χ1n) is 5.90. The zero-order valence-electron chi connectivity index (χ0n) is 11.2. The Kier molecular flexibility index (Phi) is 4.79. The van der Waals surface area contributed by atoms with Gasteiger partial charge >= 0.3 is 0 Å². The number of rotatable bonds is 4. The summed E-state index contributed by atoms with van der Waals surface area (Å²) >= 11 is 13.2. The number of nitrogens with one attached hydrogen (secondary N) is 1. The van der Waals surface area contributed by atoms with Crippen LogP contribution in [0.15, 0.2) is 23.2 Å². The third-order valence-electron chi connectivity index (χ3n) is 2.72. The van der Waals surface area contributed by atoms with Crippen LogP contribution in [-0.4, -0.2) is 13.4 Å². The normalized spacial score (nSPS) is 13.3. The molecule has 1 aromatic carbocycles. The molecular formula is C12H13Cl2N3O2S2. The van der Waals surface area contributed by atoms with Gasteiger partial charge in [-0.1, -0.05) is 23.2 Å². The van der Waals surface area contributed by atoms with Crippen molar-refractivity contribution in [3.05, 3.63) is 38.3 Å². The summed E-state index contributed by atoms with van der Waals surface area (Å²) in [4.78, 5) is 5.06. The average Bonchev–Trinajstić information content (AvgIpc) is 2.82. The summed E-state index contributed by atoms with van der Waals surface area (Å²) < 4.78 is 27.3. The molecule has 1 aromatic heterocycles. The van der Waals surface area contributed by atoms with E-state index in [1.54, 1.807) is 13.1 Å². The summed E-state index contributed by atoms with van der Waals surface area (Å²) in [7, 11) is -3.82. The number of nitrogens with two attached hydrogens (primary N) is 1. The van der Waals surface area contributed by atoms with Crippen LogP contribution >= 0.6 is 34.5 Å². The molecule has 21 heavy (non-hydrogen) atoms. The third kappa shape index (κ3) is 3.49. The Morgan fingerprint density at radius 2 is 2.05 bits per heavy atom. The van der Waals surface area contributed by atoms with Crippen LogP contribution in [0.1, 0.15) is 22.9 Å². The van der Waals surface area contributed by atoms with Crippen LogP contribution < -0.4 is 10.5 Å². The number of halogens is 2. The molecule has 3 N–H and O–H groups in total. The molecule has 1 atom stereocenters. The molecular weight excluding hydrogens is 353 g/mol. The molecule has 0 spiro atoms. The van der Waals surface area contributed by atoms with Crippen LogP contribution in [0.4, 0.5) is 5.69 Å². The molecule has 114 valence electrons. The monoisotopic (exact) mass is 365 g/mol. The maximum atomic E-state index is 12.4. The molecule has 5 nitrogen and oxygen atoms in total. The van der Waals surface area contributed by atoms with E-state index >= 15 is 0 Å². The second kappa shape index (κ2) is 6.10. The van der Waals surface area contributed by atoms with Crippen molar-refractivity contribution in [1.29, 1.82) is 0 Å². The summed E-state index contributed by atoms with van der Waals surface area (Å²) in [6.45, 7) is 3.61. The predicted octanol–water partition coefficient (Wildman–Crippen LogP) is 3.38. The van der Waals surface area contributed by atoms with Crippen molar-refractivity contribution in [2.45, 2.75) is 24.8 Å². The molecule has 1 heterocycles. The first-order chi connectivity index (χ1) is 9.72. The zero-order valence-corrected chi connectivity index (χ0v) is 14.4. The zero-order chi connectivity index (χ0) is 15.8. The van der Waals surface area contributed by atoms with E-state index in [1.807, 2.05) is 6.92 Å². The predicted molar refractivity (Wildman–Crippen MR) is 86.5 cm³/mol. The van der Waals surface area contributed by atoms with E-state index in [0.717, 1.165) is 4.88 Å². The van der Waals surface area contributed by atoms with E-state index in [2.05, 4.69) is 9.71 Å². The van der Waals surface area contributed by atoms with Gasteiger partial charge in [-0.2, -0.15) is 0 Å². The quantitative estimate of drug-likeness (QED) is 0.813.